The monoisotopic (exact) mass is 269 g/mol. The molecule has 2 rings (SSSR count). The van der Waals surface area contributed by atoms with Gasteiger partial charge in [-0.3, -0.25) is 0 Å². The number of nitrogens with one attached hydrogen (secondary N) is 1. The fraction of sp³-hybridized carbons (Fsp3) is 0.333. The Balaban J connectivity index is 1.78. The largest absolute Gasteiger partial charge is 0.372 e. The molecule has 0 aliphatic carbocycles. The SMILES string of the molecule is CNCC(OCCCc1ccccc1)c1ccccc1. The Morgan fingerprint density at radius 2 is 1.60 bits per heavy atom. The van der Waals surface area contributed by atoms with Gasteiger partial charge in [-0.1, -0.05) is 60.7 Å². The number of rotatable bonds is 8. The number of hydrogen-bond acceptors (Lipinski definition) is 2. The van der Waals surface area contributed by atoms with Crippen LogP contribution in [0.1, 0.15) is 23.7 Å². The number of hydrogen-bond donors (Lipinski definition) is 1. The van der Waals surface area contributed by atoms with E-state index in [0.29, 0.717) is 0 Å². The highest BCUT2D eigenvalue weighted by Crippen LogP contribution is 2.16. The van der Waals surface area contributed by atoms with E-state index in [1.165, 1.54) is 11.1 Å². The van der Waals surface area contributed by atoms with E-state index < -0.39 is 0 Å². The Kier molecular flexibility index (Phi) is 6.28. The van der Waals surface area contributed by atoms with Crippen LogP contribution >= 0.6 is 0 Å². The van der Waals surface area contributed by atoms with Crippen molar-refractivity contribution in [1.82, 2.24) is 5.32 Å². The van der Waals surface area contributed by atoms with E-state index in [1.807, 2.05) is 13.1 Å². The summed E-state index contributed by atoms with van der Waals surface area (Å²) < 4.78 is 6.03. The molecule has 20 heavy (non-hydrogen) atoms. The number of likely N-dealkylation sites (N-methyl/N-ethyl adjacent to an activating group) is 1. The molecular weight excluding hydrogens is 246 g/mol. The molecule has 1 unspecified atom stereocenters. The lowest BCUT2D eigenvalue weighted by molar-refractivity contribution is 0.0524. The van der Waals surface area contributed by atoms with E-state index in [4.69, 9.17) is 4.74 Å². The van der Waals surface area contributed by atoms with Crippen molar-refractivity contribution in [3.63, 3.8) is 0 Å². The van der Waals surface area contributed by atoms with Crippen molar-refractivity contribution >= 4 is 0 Å². The fourth-order valence-corrected chi connectivity index (χ4v) is 2.27. The van der Waals surface area contributed by atoms with Gasteiger partial charge in [-0.05, 0) is 31.0 Å². The third kappa shape index (κ3) is 4.80. The lowest BCUT2D eigenvalue weighted by Gasteiger charge is -2.18. The van der Waals surface area contributed by atoms with Gasteiger partial charge in [-0.25, -0.2) is 0 Å². The van der Waals surface area contributed by atoms with Crippen LogP contribution in [0.5, 0.6) is 0 Å². The zero-order valence-corrected chi connectivity index (χ0v) is 12.1. The van der Waals surface area contributed by atoms with Crippen molar-refractivity contribution in [2.75, 3.05) is 20.2 Å². The van der Waals surface area contributed by atoms with Gasteiger partial charge >= 0.3 is 0 Å². The molecule has 0 bridgehead atoms. The minimum Gasteiger partial charge on any atom is -0.372 e. The first-order chi connectivity index (χ1) is 9.90. The number of ether oxygens (including phenoxy) is 1. The van der Waals surface area contributed by atoms with E-state index in [9.17, 15) is 0 Å². The molecule has 2 aromatic rings. The van der Waals surface area contributed by atoms with Crippen LogP contribution in [0.2, 0.25) is 0 Å². The van der Waals surface area contributed by atoms with E-state index in [2.05, 4.69) is 59.9 Å². The van der Waals surface area contributed by atoms with Crippen molar-refractivity contribution in [2.45, 2.75) is 18.9 Å². The Morgan fingerprint density at radius 1 is 0.950 bits per heavy atom. The first-order valence-corrected chi connectivity index (χ1v) is 7.25. The maximum atomic E-state index is 6.03. The van der Waals surface area contributed by atoms with Crippen molar-refractivity contribution in [3.05, 3.63) is 71.8 Å². The normalized spacial score (nSPS) is 12.2. The van der Waals surface area contributed by atoms with Crippen LogP contribution in [0.15, 0.2) is 60.7 Å². The van der Waals surface area contributed by atoms with E-state index >= 15 is 0 Å². The van der Waals surface area contributed by atoms with Crippen molar-refractivity contribution < 1.29 is 4.74 Å². The molecule has 0 aromatic heterocycles. The summed E-state index contributed by atoms with van der Waals surface area (Å²) in [7, 11) is 1.96. The molecular formula is C18H23NO. The first kappa shape index (κ1) is 14.8. The maximum absolute atomic E-state index is 6.03. The van der Waals surface area contributed by atoms with Crippen LogP contribution in [0, 0.1) is 0 Å². The van der Waals surface area contributed by atoms with Gasteiger partial charge in [0.15, 0.2) is 0 Å². The highest BCUT2D eigenvalue weighted by Gasteiger charge is 2.10. The molecule has 2 heteroatoms. The minimum absolute atomic E-state index is 0.136. The number of benzene rings is 2. The molecule has 0 aliphatic heterocycles. The molecule has 0 saturated carbocycles. The predicted molar refractivity (Wildman–Crippen MR) is 83.8 cm³/mol. The molecule has 2 nitrogen and oxygen atoms in total. The van der Waals surface area contributed by atoms with Crippen LogP contribution in [0.4, 0.5) is 0 Å². The second-order valence-electron chi connectivity index (χ2n) is 4.92. The third-order valence-electron chi connectivity index (χ3n) is 3.33. The van der Waals surface area contributed by atoms with Gasteiger partial charge < -0.3 is 10.1 Å². The van der Waals surface area contributed by atoms with Crippen LogP contribution in [0.3, 0.4) is 0 Å². The summed E-state index contributed by atoms with van der Waals surface area (Å²) in [5.74, 6) is 0. The quantitative estimate of drug-likeness (QED) is 0.739. The van der Waals surface area contributed by atoms with Gasteiger partial charge in [-0.2, -0.15) is 0 Å². The summed E-state index contributed by atoms with van der Waals surface area (Å²) in [6.07, 6.45) is 2.26. The molecule has 1 atom stereocenters. The lowest BCUT2D eigenvalue weighted by Crippen LogP contribution is -2.20. The average molecular weight is 269 g/mol. The van der Waals surface area contributed by atoms with Crippen LogP contribution in [-0.4, -0.2) is 20.2 Å². The summed E-state index contributed by atoms with van der Waals surface area (Å²) in [6.45, 7) is 1.63. The Labute approximate surface area is 121 Å². The molecule has 0 amide bonds. The summed E-state index contributed by atoms with van der Waals surface area (Å²) in [5.41, 5.74) is 2.61. The number of aryl methyl sites for hydroxylation is 1. The van der Waals surface area contributed by atoms with Crippen LogP contribution in [0.25, 0.3) is 0 Å². The molecule has 0 radical (unpaired) electrons. The van der Waals surface area contributed by atoms with E-state index in [1.54, 1.807) is 0 Å². The fourth-order valence-electron chi connectivity index (χ4n) is 2.27. The molecule has 2 aromatic carbocycles. The maximum Gasteiger partial charge on any atom is 0.0949 e. The summed E-state index contributed by atoms with van der Waals surface area (Å²) in [5, 5.41) is 3.20. The van der Waals surface area contributed by atoms with E-state index in [0.717, 1.165) is 26.0 Å². The summed E-state index contributed by atoms with van der Waals surface area (Å²) >= 11 is 0. The van der Waals surface area contributed by atoms with Crippen molar-refractivity contribution in [2.24, 2.45) is 0 Å². The lowest BCUT2D eigenvalue weighted by atomic mass is 10.1. The topological polar surface area (TPSA) is 21.3 Å². The predicted octanol–water partition coefficient (Wildman–Crippen LogP) is 3.60. The molecule has 0 spiro atoms. The first-order valence-electron chi connectivity index (χ1n) is 7.25. The third-order valence-corrected chi connectivity index (χ3v) is 3.33. The summed E-state index contributed by atoms with van der Waals surface area (Å²) in [4.78, 5) is 0. The highest BCUT2D eigenvalue weighted by atomic mass is 16.5. The summed E-state index contributed by atoms with van der Waals surface area (Å²) in [6, 6.07) is 21.0. The standard InChI is InChI=1S/C18H23NO/c1-19-15-18(17-12-6-3-7-13-17)20-14-8-11-16-9-4-2-5-10-16/h2-7,9-10,12-13,18-19H,8,11,14-15H2,1H3. The van der Waals surface area contributed by atoms with Crippen molar-refractivity contribution in [1.29, 1.82) is 0 Å². The molecule has 0 aliphatic rings. The Morgan fingerprint density at radius 3 is 2.25 bits per heavy atom. The minimum atomic E-state index is 0.136. The Bertz CT molecular complexity index is 469. The van der Waals surface area contributed by atoms with Gasteiger partial charge in [0.25, 0.3) is 0 Å². The van der Waals surface area contributed by atoms with Crippen LogP contribution in [-0.2, 0) is 11.2 Å². The Hall–Kier alpha value is -1.64. The second kappa shape index (κ2) is 8.51. The molecule has 1 N–H and O–H groups in total. The van der Waals surface area contributed by atoms with Gasteiger partial charge in [0, 0.05) is 13.2 Å². The van der Waals surface area contributed by atoms with Crippen LogP contribution < -0.4 is 5.32 Å². The molecule has 0 fully saturated rings. The van der Waals surface area contributed by atoms with Gasteiger partial charge in [0.05, 0.1) is 6.10 Å². The smallest absolute Gasteiger partial charge is 0.0949 e. The van der Waals surface area contributed by atoms with E-state index in [-0.39, 0.29) is 6.10 Å². The molecule has 0 saturated heterocycles. The molecule has 0 heterocycles. The second-order valence-corrected chi connectivity index (χ2v) is 4.92. The molecule has 106 valence electrons. The zero-order valence-electron chi connectivity index (χ0n) is 12.1. The van der Waals surface area contributed by atoms with Crippen molar-refractivity contribution in [3.8, 4) is 0 Å². The highest BCUT2D eigenvalue weighted by molar-refractivity contribution is 5.18. The van der Waals surface area contributed by atoms with Gasteiger partial charge in [-0.15, -0.1) is 0 Å². The average Bonchev–Trinajstić information content (AvgIpc) is 2.52. The van der Waals surface area contributed by atoms with Gasteiger partial charge in [0.2, 0.25) is 0 Å². The van der Waals surface area contributed by atoms with Gasteiger partial charge in [0.1, 0.15) is 0 Å². The zero-order chi connectivity index (χ0) is 14.0.